The first kappa shape index (κ1) is 35.4. The molecule has 43 heavy (non-hydrogen) atoms. The lowest BCUT2D eigenvalue weighted by molar-refractivity contribution is -0.0823. The maximum absolute atomic E-state index is 15.5. The highest BCUT2D eigenvalue weighted by molar-refractivity contribution is 5.63. The molecule has 1 unspecified atom stereocenters. The van der Waals surface area contributed by atoms with Crippen LogP contribution in [0.25, 0.3) is 11.3 Å². The summed E-state index contributed by atoms with van der Waals surface area (Å²) < 4.78 is 87.3. The summed E-state index contributed by atoms with van der Waals surface area (Å²) in [6, 6.07) is 4.20. The number of alkyl halides is 2. The lowest BCUT2D eigenvalue weighted by atomic mass is 9.77. The molecule has 0 saturated heterocycles. The Bertz CT molecular complexity index is 1110. The van der Waals surface area contributed by atoms with E-state index < -0.39 is 35.0 Å². The van der Waals surface area contributed by atoms with E-state index in [1.807, 2.05) is 0 Å². The third kappa shape index (κ3) is 10.5. The minimum absolute atomic E-state index is 0.0684. The van der Waals surface area contributed by atoms with Gasteiger partial charge in [0.1, 0.15) is 0 Å². The van der Waals surface area contributed by atoms with Gasteiger partial charge in [0.2, 0.25) is 5.95 Å². The number of pyridine rings is 1. The van der Waals surface area contributed by atoms with Crippen LogP contribution in [0.2, 0.25) is 0 Å². The summed E-state index contributed by atoms with van der Waals surface area (Å²) in [6.45, 7) is 7.06. The molecule has 242 valence electrons. The van der Waals surface area contributed by atoms with Gasteiger partial charge in [0.15, 0.2) is 11.6 Å². The fourth-order valence-electron chi connectivity index (χ4n) is 5.84. The summed E-state index contributed by atoms with van der Waals surface area (Å²) in [4.78, 5) is 3.89. The van der Waals surface area contributed by atoms with Crippen LogP contribution < -0.4 is 0 Å². The van der Waals surface area contributed by atoms with E-state index in [-0.39, 0.29) is 36.1 Å². The summed E-state index contributed by atoms with van der Waals surface area (Å²) in [5.74, 6) is -8.23. The maximum Gasteiger partial charge on any atom is 0.279 e. The average Bonchev–Trinajstić information content (AvgIpc) is 2.98. The Kier molecular flexibility index (Phi) is 15.4. The van der Waals surface area contributed by atoms with Crippen LogP contribution in [0.15, 0.2) is 18.2 Å². The Morgan fingerprint density at radius 1 is 0.767 bits per heavy atom. The summed E-state index contributed by atoms with van der Waals surface area (Å²) >= 11 is 0. The molecule has 0 N–H and O–H groups in total. The number of hydrogen-bond acceptors (Lipinski definition) is 3. The largest absolute Gasteiger partial charge is 0.381 e. The average molecular weight is 612 g/mol. The van der Waals surface area contributed by atoms with Crippen LogP contribution in [0.3, 0.4) is 0 Å². The molecule has 0 saturated carbocycles. The standard InChI is InChI=1S/C35H50F5NO2/c1-3-5-11-21-42-23-13-7-9-15-26-18-20-30(41-34(26)38)29-25-27-17-19-28(35(39,40)31(27)33(37)32(29)36)16-10-8-14-24-43-22-12-6-4-2/h18,20,25,28H,3-17,19,21-24H2,1-2H3. The molecular formula is C35H50F5NO2. The fourth-order valence-corrected chi connectivity index (χ4v) is 5.84. The molecule has 8 heteroatoms. The van der Waals surface area contributed by atoms with E-state index in [1.54, 1.807) is 0 Å². The van der Waals surface area contributed by atoms with Gasteiger partial charge >= 0.3 is 0 Å². The molecule has 3 nitrogen and oxygen atoms in total. The number of unbranched alkanes of at least 4 members (excludes halogenated alkanes) is 8. The predicted octanol–water partition coefficient (Wildman–Crippen LogP) is 10.5. The number of nitrogens with zero attached hydrogens (tertiary/aromatic N) is 1. The molecule has 1 aliphatic rings. The Morgan fingerprint density at radius 2 is 1.37 bits per heavy atom. The van der Waals surface area contributed by atoms with Gasteiger partial charge in [0.05, 0.1) is 11.3 Å². The molecule has 0 spiro atoms. The smallest absolute Gasteiger partial charge is 0.279 e. The second kappa shape index (κ2) is 18.7. The zero-order valence-electron chi connectivity index (χ0n) is 26.1. The molecule has 1 atom stereocenters. The molecule has 1 aromatic carbocycles. The van der Waals surface area contributed by atoms with E-state index in [0.29, 0.717) is 31.6 Å². The number of hydrogen-bond donors (Lipinski definition) is 0. The van der Waals surface area contributed by atoms with Gasteiger partial charge in [-0.2, -0.15) is 4.39 Å². The molecule has 0 amide bonds. The van der Waals surface area contributed by atoms with Crippen molar-refractivity contribution in [3.8, 4) is 11.3 Å². The van der Waals surface area contributed by atoms with Crippen LogP contribution >= 0.6 is 0 Å². The molecular weight excluding hydrogens is 561 g/mol. The maximum atomic E-state index is 15.5. The lowest BCUT2D eigenvalue weighted by Crippen LogP contribution is -2.33. The summed E-state index contributed by atoms with van der Waals surface area (Å²) in [6.07, 6.45) is 12.4. The van der Waals surface area contributed by atoms with Gasteiger partial charge in [-0.05, 0) is 75.5 Å². The van der Waals surface area contributed by atoms with E-state index in [4.69, 9.17) is 9.47 Å². The fraction of sp³-hybridized carbons (Fsp3) is 0.686. The first-order chi connectivity index (χ1) is 20.8. The molecule has 1 heterocycles. The molecule has 1 aromatic heterocycles. The van der Waals surface area contributed by atoms with Gasteiger partial charge in [-0.15, -0.1) is 0 Å². The molecule has 0 radical (unpaired) electrons. The summed E-state index contributed by atoms with van der Waals surface area (Å²) in [7, 11) is 0. The highest BCUT2D eigenvalue weighted by Gasteiger charge is 2.48. The van der Waals surface area contributed by atoms with Crippen molar-refractivity contribution in [1.29, 1.82) is 0 Å². The van der Waals surface area contributed by atoms with E-state index in [0.717, 1.165) is 83.8 Å². The molecule has 2 aromatic rings. The van der Waals surface area contributed by atoms with Gasteiger partial charge in [-0.3, -0.25) is 0 Å². The molecule has 0 bridgehead atoms. The molecule has 0 fully saturated rings. The Labute approximate surface area is 255 Å². The number of benzene rings is 1. The Balaban J connectivity index is 1.55. The minimum atomic E-state index is -3.48. The zero-order chi connectivity index (χ0) is 31.1. The Hall–Kier alpha value is -2.06. The number of ether oxygens (including phenoxy) is 2. The quantitative estimate of drug-likeness (QED) is 0.0800. The summed E-state index contributed by atoms with van der Waals surface area (Å²) in [5.41, 5.74) is -0.767. The highest BCUT2D eigenvalue weighted by Crippen LogP contribution is 2.49. The van der Waals surface area contributed by atoms with Crippen LogP contribution in [-0.4, -0.2) is 31.4 Å². The van der Waals surface area contributed by atoms with Gasteiger partial charge in [-0.1, -0.05) is 64.9 Å². The van der Waals surface area contributed by atoms with Crippen molar-refractivity contribution in [2.45, 2.75) is 123 Å². The molecule has 3 rings (SSSR count). The number of aryl methyl sites for hydroxylation is 2. The second-order valence-electron chi connectivity index (χ2n) is 11.9. The van der Waals surface area contributed by atoms with Crippen LogP contribution in [-0.2, 0) is 28.2 Å². The van der Waals surface area contributed by atoms with Gasteiger partial charge in [-0.25, -0.2) is 22.5 Å². The van der Waals surface area contributed by atoms with Crippen LogP contribution in [0.5, 0.6) is 0 Å². The van der Waals surface area contributed by atoms with Crippen molar-refractivity contribution in [2.24, 2.45) is 5.92 Å². The van der Waals surface area contributed by atoms with E-state index in [1.165, 1.54) is 18.2 Å². The first-order valence-corrected chi connectivity index (χ1v) is 16.5. The minimum Gasteiger partial charge on any atom is -0.381 e. The van der Waals surface area contributed by atoms with Crippen molar-refractivity contribution in [3.05, 3.63) is 52.5 Å². The Morgan fingerprint density at radius 3 is 1.98 bits per heavy atom. The molecule has 1 aliphatic carbocycles. The number of fused-ring (bicyclic) bond motifs is 1. The third-order valence-corrected chi connectivity index (χ3v) is 8.46. The van der Waals surface area contributed by atoms with E-state index in [9.17, 15) is 4.39 Å². The molecule has 0 aliphatic heterocycles. The zero-order valence-corrected chi connectivity index (χ0v) is 26.1. The monoisotopic (exact) mass is 611 g/mol. The highest BCUT2D eigenvalue weighted by atomic mass is 19.3. The van der Waals surface area contributed by atoms with Crippen LogP contribution in [0.4, 0.5) is 22.0 Å². The SMILES string of the molecule is CCCCCOCCCCCc1ccc(-c2cc3c(c(F)c2F)C(F)(F)C(CCCCCOCCCCC)CC3)nc1F. The second-order valence-corrected chi connectivity index (χ2v) is 11.9. The van der Waals surface area contributed by atoms with Crippen molar-refractivity contribution < 1.29 is 31.4 Å². The van der Waals surface area contributed by atoms with Crippen molar-refractivity contribution in [2.75, 3.05) is 26.4 Å². The number of aromatic nitrogens is 1. The number of halogens is 5. The van der Waals surface area contributed by atoms with Gasteiger partial charge in [0.25, 0.3) is 5.92 Å². The topological polar surface area (TPSA) is 31.4 Å². The van der Waals surface area contributed by atoms with Crippen molar-refractivity contribution >= 4 is 0 Å². The first-order valence-electron chi connectivity index (χ1n) is 16.5. The van der Waals surface area contributed by atoms with Gasteiger partial charge in [0, 0.05) is 43.5 Å². The van der Waals surface area contributed by atoms with Crippen LogP contribution in [0.1, 0.15) is 120 Å². The van der Waals surface area contributed by atoms with Crippen LogP contribution in [0, 0.1) is 23.5 Å². The van der Waals surface area contributed by atoms with E-state index >= 15 is 17.6 Å². The van der Waals surface area contributed by atoms with E-state index in [2.05, 4.69) is 18.8 Å². The third-order valence-electron chi connectivity index (χ3n) is 8.46. The number of rotatable bonds is 21. The van der Waals surface area contributed by atoms with Crippen molar-refractivity contribution in [1.82, 2.24) is 4.98 Å². The van der Waals surface area contributed by atoms with Crippen molar-refractivity contribution in [3.63, 3.8) is 0 Å². The van der Waals surface area contributed by atoms with Gasteiger partial charge < -0.3 is 9.47 Å². The lowest BCUT2D eigenvalue weighted by Gasteiger charge is -2.34. The predicted molar refractivity (Wildman–Crippen MR) is 162 cm³/mol. The summed E-state index contributed by atoms with van der Waals surface area (Å²) in [5, 5.41) is 0. The normalized spacial score (nSPS) is 16.0.